The van der Waals surface area contributed by atoms with Crippen molar-refractivity contribution in [1.82, 2.24) is 4.90 Å². The van der Waals surface area contributed by atoms with Gasteiger partial charge in [0.25, 0.3) is 10.0 Å². The van der Waals surface area contributed by atoms with Gasteiger partial charge in [-0.05, 0) is 42.9 Å². The highest BCUT2D eigenvalue weighted by Crippen LogP contribution is 2.40. The Hall–Kier alpha value is -2.47. The van der Waals surface area contributed by atoms with Crippen molar-refractivity contribution in [2.75, 3.05) is 22.8 Å². The first-order chi connectivity index (χ1) is 15.7. The van der Waals surface area contributed by atoms with Crippen molar-refractivity contribution >= 4 is 48.9 Å². The van der Waals surface area contributed by atoms with E-state index in [0.717, 1.165) is 31.6 Å². The van der Waals surface area contributed by atoms with E-state index in [9.17, 15) is 26.4 Å². The number of piperidine rings is 1. The van der Waals surface area contributed by atoms with Crippen LogP contribution in [0.15, 0.2) is 27.5 Å². The smallest absolute Gasteiger partial charge is 0.286 e. The highest BCUT2D eigenvalue weighted by Gasteiger charge is 2.52. The van der Waals surface area contributed by atoms with Crippen molar-refractivity contribution in [1.29, 1.82) is 0 Å². The maximum atomic E-state index is 13.5. The van der Waals surface area contributed by atoms with Gasteiger partial charge in [-0.3, -0.25) is 14.3 Å². The Kier molecular flexibility index (Phi) is 6.04. The molecule has 1 saturated carbocycles. The molecule has 10 nitrogen and oxygen atoms in total. The van der Waals surface area contributed by atoms with Crippen molar-refractivity contribution in [3.8, 4) is 0 Å². The number of anilines is 2. The van der Waals surface area contributed by atoms with E-state index < -0.39 is 31.9 Å². The molecule has 1 amide bonds. The van der Waals surface area contributed by atoms with Crippen molar-refractivity contribution in [3.05, 3.63) is 18.2 Å². The van der Waals surface area contributed by atoms with Crippen LogP contribution in [0.3, 0.4) is 0 Å². The van der Waals surface area contributed by atoms with Crippen molar-refractivity contribution in [2.24, 2.45) is 21.6 Å². The summed E-state index contributed by atoms with van der Waals surface area (Å²) >= 11 is 0. The lowest BCUT2D eigenvalue weighted by atomic mass is 9.81. The average molecular weight is 511 g/mol. The summed E-state index contributed by atoms with van der Waals surface area (Å²) in [7, 11) is -7.88. The first-order valence-corrected chi connectivity index (χ1v) is 14.6. The van der Waals surface area contributed by atoms with E-state index in [0.29, 0.717) is 13.0 Å². The Morgan fingerprint density at radius 3 is 2.56 bits per heavy atom. The molecule has 2 N–H and O–H groups in total. The number of rotatable bonds is 5. The average Bonchev–Trinajstić information content (AvgIpc) is 3.16. The first kappa shape index (κ1) is 24.6. The third kappa shape index (κ3) is 4.83. The number of carbonyl (C=O) groups is 2. The van der Waals surface area contributed by atoms with Crippen LogP contribution in [0.4, 0.5) is 11.4 Å². The van der Waals surface area contributed by atoms with E-state index in [1.54, 1.807) is 4.90 Å². The summed E-state index contributed by atoms with van der Waals surface area (Å²) in [5, 5.41) is 2.87. The Morgan fingerprint density at radius 1 is 1.21 bits per heavy atom. The fourth-order valence-corrected chi connectivity index (χ4v) is 6.61. The lowest BCUT2D eigenvalue weighted by Gasteiger charge is -2.42. The quantitative estimate of drug-likeness (QED) is 0.578. The molecule has 1 aromatic carbocycles. The van der Waals surface area contributed by atoms with Gasteiger partial charge in [0.15, 0.2) is 11.7 Å². The fraction of sp³-hybridized carbons (Fsp3) is 0.591. The van der Waals surface area contributed by atoms with E-state index in [1.165, 1.54) is 12.1 Å². The van der Waals surface area contributed by atoms with Gasteiger partial charge >= 0.3 is 0 Å². The van der Waals surface area contributed by atoms with Crippen LogP contribution >= 0.6 is 0 Å². The van der Waals surface area contributed by atoms with Crippen LogP contribution < -0.4 is 10.0 Å². The van der Waals surface area contributed by atoms with Gasteiger partial charge in [-0.15, -0.1) is 4.40 Å². The minimum absolute atomic E-state index is 0.00800. The van der Waals surface area contributed by atoms with Gasteiger partial charge in [-0.2, -0.15) is 8.42 Å². The number of sulfonamides is 2. The van der Waals surface area contributed by atoms with Gasteiger partial charge in [-0.25, -0.2) is 8.42 Å². The van der Waals surface area contributed by atoms with Gasteiger partial charge in [-0.1, -0.05) is 27.2 Å². The van der Waals surface area contributed by atoms with Gasteiger partial charge in [0.1, 0.15) is 10.7 Å². The predicted octanol–water partition coefficient (Wildman–Crippen LogP) is 2.20. The highest BCUT2D eigenvalue weighted by atomic mass is 32.2. The van der Waals surface area contributed by atoms with E-state index in [4.69, 9.17) is 0 Å². The Labute approximate surface area is 200 Å². The molecule has 186 valence electrons. The second-order valence-corrected chi connectivity index (χ2v) is 13.8. The number of ketones is 1. The zero-order valence-corrected chi connectivity index (χ0v) is 21.3. The van der Waals surface area contributed by atoms with Gasteiger partial charge < -0.3 is 10.2 Å². The summed E-state index contributed by atoms with van der Waals surface area (Å²) in [5.41, 5.74) is 0.197. The summed E-state index contributed by atoms with van der Waals surface area (Å²) in [6.07, 6.45) is 3.97. The number of carbonyl (C=O) groups excluding carboxylic acids is 2. The molecule has 0 aromatic heterocycles. The highest BCUT2D eigenvalue weighted by molar-refractivity contribution is 7.92. The molecule has 2 aliphatic heterocycles. The second-order valence-electron chi connectivity index (χ2n) is 10.4. The number of fused-ring (bicyclic) bond motifs is 2. The molecule has 2 fully saturated rings. The van der Waals surface area contributed by atoms with Crippen LogP contribution in [0.1, 0.15) is 46.5 Å². The predicted molar refractivity (Wildman–Crippen MR) is 129 cm³/mol. The lowest BCUT2D eigenvalue weighted by Crippen LogP contribution is -2.59. The number of hydrogen-bond acceptors (Lipinski definition) is 7. The number of hydrogen-bond donors (Lipinski definition) is 2. The first-order valence-electron chi connectivity index (χ1n) is 11.2. The zero-order valence-electron chi connectivity index (χ0n) is 19.7. The Morgan fingerprint density at radius 2 is 1.91 bits per heavy atom. The number of nitrogens with one attached hydrogen (secondary N) is 2. The standard InChI is InChI=1S/C22H30N4O6S2/c1-22(2,3)10-11-26-16-7-5-6-14(16)19(27)18(21(26)28)20-23-15-9-8-13(24-33(4,29)30)12-17(15)34(31,32)25-20/h8-9,12,14,16,18,24H,5-7,10-11H2,1-4H3,(H,23,25)/t14-,16+,18?/m0/s1. The Bertz CT molecular complexity index is 1280. The number of amidine groups is 1. The van der Waals surface area contributed by atoms with Crippen LogP contribution in [0.2, 0.25) is 0 Å². The van der Waals surface area contributed by atoms with Gasteiger partial charge in [0.05, 0.1) is 11.9 Å². The molecule has 0 spiro atoms. The maximum Gasteiger partial charge on any atom is 0.286 e. The summed E-state index contributed by atoms with van der Waals surface area (Å²) < 4.78 is 55.0. The fourth-order valence-electron chi connectivity index (χ4n) is 4.87. The van der Waals surface area contributed by atoms with Crippen molar-refractivity contribution in [3.63, 3.8) is 0 Å². The number of nitrogens with zero attached hydrogens (tertiary/aromatic N) is 2. The minimum Gasteiger partial charge on any atom is -0.341 e. The zero-order chi connectivity index (χ0) is 25.1. The minimum atomic E-state index is -4.27. The molecule has 4 rings (SSSR count). The topological polar surface area (TPSA) is 142 Å². The van der Waals surface area contributed by atoms with E-state index in [1.807, 2.05) is 0 Å². The van der Waals surface area contributed by atoms with Crippen molar-refractivity contribution < 1.29 is 26.4 Å². The summed E-state index contributed by atoms with van der Waals surface area (Å²) in [6.45, 7) is 6.74. The number of benzene rings is 1. The molecule has 1 saturated heterocycles. The second kappa shape index (κ2) is 8.33. The van der Waals surface area contributed by atoms with Crippen LogP contribution in [0.5, 0.6) is 0 Å². The van der Waals surface area contributed by atoms with Crippen LogP contribution in [-0.4, -0.2) is 58.1 Å². The molecular weight excluding hydrogens is 480 g/mol. The molecule has 1 aromatic rings. The monoisotopic (exact) mass is 510 g/mol. The molecule has 1 aliphatic carbocycles. The van der Waals surface area contributed by atoms with Crippen molar-refractivity contribution in [2.45, 2.75) is 57.4 Å². The van der Waals surface area contributed by atoms with Gasteiger partial charge in [0, 0.05) is 24.2 Å². The van der Waals surface area contributed by atoms with E-state index in [-0.39, 0.29) is 45.3 Å². The third-order valence-electron chi connectivity index (χ3n) is 6.48. The molecule has 3 aliphatic rings. The van der Waals surface area contributed by atoms with Gasteiger partial charge in [0.2, 0.25) is 15.9 Å². The molecular formula is C22H30N4O6S2. The molecule has 12 heteroatoms. The molecule has 2 heterocycles. The normalized spacial score (nSPS) is 26.4. The largest absolute Gasteiger partial charge is 0.341 e. The Balaban J connectivity index is 1.68. The van der Waals surface area contributed by atoms with Crippen LogP contribution in [0, 0.1) is 17.3 Å². The number of likely N-dealkylation sites (tertiary alicyclic amines) is 1. The maximum absolute atomic E-state index is 13.5. The summed E-state index contributed by atoms with van der Waals surface area (Å²) in [4.78, 5) is 28.4. The third-order valence-corrected chi connectivity index (χ3v) is 8.42. The van der Waals surface area contributed by atoms with E-state index >= 15 is 0 Å². The number of amides is 1. The molecule has 0 radical (unpaired) electrons. The van der Waals surface area contributed by atoms with Crippen LogP contribution in [-0.2, 0) is 29.6 Å². The molecule has 1 unspecified atom stereocenters. The lowest BCUT2D eigenvalue weighted by molar-refractivity contribution is -0.149. The summed E-state index contributed by atoms with van der Waals surface area (Å²) in [6, 6.07) is 3.80. The van der Waals surface area contributed by atoms with E-state index in [2.05, 4.69) is 35.2 Å². The SMILES string of the molecule is CC(C)(C)CCN1C(=O)C(C2=NS(=O)(=O)c3cc(NS(C)(=O)=O)ccc3N2)C(=O)[C@H]2CCC[C@H]21. The molecule has 0 bridgehead atoms. The summed E-state index contributed by atoms with van der Waals surface area (Å²) in [5.74, 6) is -2.55. The van der Waals surface area contributed by atoms with Crippen LogP contribution in [0.25, 0.3) is 0 Å². The molecule has 34 heavy (non-hydrogen) atoms. The molecule has 3 atom stereocenters. The number of Topliss-reactive ketones (excluding diaryl/α,β-unsaturated/α-hetero) is 1.